The van der Waals surface area contributed by atoms with Crippen molar-refractivity contribution in [3.05, 3.63) is 68.3 Å². The fourth-order valence-corrected chi connectivity index (χ4v) is 6.28. The minimum atomic E-state index is -4.98. The number of amides is 1. The van der Waals surface area contributed by atoms with Gasteiger partial charge in [0.1, 0.15) is 0 Å². The van der Waals surface area contributed by atoms with Crippen molar-refractivity contribution in [3.8, 4) is 0 Å². The van der Waals surface area contributed by atoms with E-state index < -0.39 is 35.4 Å². The third kappa shape index (κ3) is 5.86. The Morgan fingerprint density at radius 2 is 1.67 bits per heavy atom. The van der Waals surface area contributed by atoms with Gasteiger partial charge in [-0.1, -0.05) is 30.2 Å². The molecule has 1 aliphatic carbocycles. The number of rotatable bonds is 7. The summed E-state index contributed by atoms with van der Waals surface area (Å²) in [5.41, 5.74) is -2.57. The lowest BCUT2D eigenvalue weighted by atomic mass is 9.80. The van der Waals surface area contributed by atoms with E-state index in [4.69, 9.17) is 0 Å². The molecule has 5 nitrogen and oxygen atoms in total. The van der Waals surface area contributed by atoms with Crippen molar-refractivity contribution in [2.24, 2.45) is 18.4 Å². The minimum Gasteiger partial charge on any atom is -0.334 e. The van der Waals surface area contributed by atoms with Gasteiger partial charge in [-0.2, -0.15) is 26.3 Å². The van der Waals surface area contributed by atoms with Crippen LogP contribution in [0.4, 0.5) is 26.3 Å². The third-order valence-corrected chi connectivity index (χ3v) is 8.62. The van der Waals surface area contributed by atoms with E-state index in [1.165, 1.54) is 9.47 Å². The lowest BCUT2D eigenvalue weighted by molar-refractivity contribution is -0.143. The van der Waals surface area contributed by atoms with E-state index in [2.05, 4.69) is 5.32 Å². The second-order valence-electron chi connectivity index (χ2n) is 10.7. The fourth-order valence-electron chi connectivity index (χ4n) is 5.42. The van der Waals surface area contributed by atoms with Gasteiger partial charge in [0.2, 0.25) is 5.91 Å². The molecule has 1 saturated carbocycles. The summed E-state index contributed by atoms with van der Waals surface area (Å²) in [6.07, 6.45) is -6.79. The molecule has 0 spiro atoms. The molecule has 210 valence electrons. The Labute approximate surface area is 224 Å². The number of thiazole rings is 1. The van der Waals surface area contributed by atoms with Crippen molar-refractivity contribution in [1.29, 1.82) is 0 Å². The van der Waals surface area contributed by atoms with E-state index in [0.717, 1.165) is 28.9 Å². The molecule has 2 fully saturated rings. The number of hydrogen-bond acceptors (Lipinski definition) is 4. The van der Waals surface area contributed by atoms with Crippen LogP contribution in [0.5, 0.6) is 0 Å². The van der Waals surface area contributed by atoms with Gasteiger partial charge in [-0.15, -0.1) is 0 Å². The van der Waals surface area contributed by atoms with Crippen LogP contribution in [0, 0.1) is 11.3 Å². The molecule has 0 radical (unpaired) electrons. The van der Waals surface area contributed by atoms with Gasteiger partial charge in [-0.3, -0.25) is 9.59 Å². The highest BCUT2D eigenvalue weighted by Crippen LogP contribution is 2.45. The van der Waals surface area contributed by atoms with Crippen molar-refractivity contribution < 1.29 is 31.1 Å². The molecule has 1 atom stereocenters. The van der Waals surface area contributed by atoms with Crippen molar-refractivity contribution in [1.82, 2.24) is 14.8 Å². The van der Waals surface area contributed by atoms with Crippen LogP contribution in [0.2, 0.25) is 0 Å². The van der Waals surface area contributed by atoms with Gasteiger partial charge < -0.3 is 14.8 Å². The fraction of sp³-hybridized carbons (Fsp3) is 0.481. The van der Waals surface area contributed by atoms with E-state index in [-0.39, 0.29) is 29.0 Å². The topological polar surface area (TPSA) is 54.3 Å². The molecule has 5 rings (SSSR count). The highest BCUT2D eigenvalue weighted by Gasteiger charge is 2.47. The molecule has 1 aliphatic heterocycles. The van der Waals surface area contributed by atoms with Crippen LogP contribution < -0.4 is 10.2 Å². The Morgan fingerprint density at radius 1 is 1.03 bits per heavy atom. The van der Waals surface area contributed by atoms with Crippen LogP contribution in [0.25, 0.3) is 10.2 Å². The number of carbonyl (C=O) groups is 1. The number of nitrogens with one attached hydrogen (secondary N) is 1. The zero-order valence-electron chi connectivity index (χ0n) is 21.1. The predicted molar refractivity (Wildman–Crippen MR) is 135 cm³/mol. The summed E-state index contributed by atoms with van der Waals surface area (Å²) in [4.78, 5) is 27.4. The largest absolute Gasteiger partial charge is 0.416 e. The number of carbonyl (C=O) groups excluding carboxylic acids is 1. The first kappa shape index (κ1) is 27.7. The SMILES string of the molecule is Cn1c(=O)sc2ccc(CN(Cc3cc(C(F)(F)F)cc(C(F)(F)F)c3)C(=O)C3(CC4CC4)CCNC3)cc21. The van der Waals surface area contributed by atoms with E-state index in [1.807, 2.05) is 0 Å². The lowest BCUT2D eigenvalue weighted by Crippen LogP contribution is -2.45. The molecule has 1 aromatic heterocycles. The van der Waals surface area contributed by atoms with Gasteiger partial charge in [0.05, 0.1) is 26.8 Å². The Morgan fingerprint density at radius 3 is 2.23 bits per heavy atom. The van der Waals surface area contributed by atoms with Crippen molar-refractivity contribution >= 4 is 27.5 Å². The number of hydrogen-bond donors (Lipinski definition) is 1. The Hall–Kier alpha value is -2.86. The van der Waals surface area contributed by atoms with Crippen LogP contribution in [-0.2, 0) is 37.3 Å². The first-order valence-electron chi connectivity index (χ1n) is 12.6. The Bertz CT molecular complexity index is 1420. The number of benzene rings is 2. The van der Waals surface area contributed by atoms with E-state index >= 15 is 0 Å². The average Bonchev–Trinajstić information content (AvgIpc) is 3.46. The maximum atomic E-state index is 14.1. The standard InChI is InChI=1S/C27H27F6N3O2S/c1-35-21-10-17(4-5-22(21)39-24(35)38)13-36(23(37)25(6-7-34-15-25)12-16-2-3-16)14-18-8-19(26(28,29)30)11-20(9-18)27(31,32)33/h4-5,8-11,16,34H,2-3,6-7,12-15H2,1H3. The summed E-state index contributed by atoms with van der Waals surface area (Å²) in [6.45, 7) is 0.575. The number of fused-ring (bicyclic) bond motifs is 1. The molecule has 1 N–H and O–H groups in total. The minimum absolute atomic E-state index is 0.0250. The van der Waals surface area contributed by atoms with Crippen LogP contribution in [-0.4, -0.2) is 28.5 Å². The number of halogens is 6. The molecule has 12 heteroatoms. The molecule has 2 aliphatic rings. The Kier molecular flexibility index (Phi) is 7.07. The number of aryl methyl sites for hydroxylation is 1. The predicted octanol–water partition coefficient (Wildman–Crippen LogP) is 5.95. The second kappa shape index (κ2) is 9.96. The number of aromatic nitrogens is 1. The molecular weight excluding hydrogens is 544 g/mol. The number of nitrogens with zero attached hydrogens (tertiary/aromatic N) is 2. The van der Waals surface area contributed by atoms with Gasteiger partial charge in [0.15, 0.2) is 0 Å². The monoisotopic (exact) mass is 571 g/mol. The zero-order valence-corrected chi connectivity index (χ0v) is 21.9. The van der Waals surface area contributed by atoms with Crippen molar-refractivity contribution in [3.63, 3.8) is 0 Å². The molecule has 1 unspecified atom stereocenters. The van der Waals surface area contributed by atoms with Crippen LogP contribution in [0.3, 0.4) is 0 Å². The molecule has 2 heterocycles. The summed E-state index contributed by atoms with van der Waals surface area (Å²) in [7, 11) is 1.62. The van der Waals surface area contributed by atoms with Crippen molar-refractivity contribution in [2.45, 2.75) is 51.1 Å². The third-order valence-electron chi connectivity index (χ3n) is 7.61. The molecule has 1 amide bonds. The first-order chi connectivity index (χ1) is 18.2. The van der Waals surface area contributed by atoms with Gasteiger partial charge in [-0.25, -0.2) is 0 Å². The maximum Gasteiger partial charge on any atom is 0.416 e. The molecular formula is C27H27F6N3O2S. The smallest absolute Gasteiger partial charge is 0.334 e. The molecule has 1 saturated heterocycles. The van der Waals surface area contributed by atoms with Crippen LogP contribution >= 0.6 is 11.3 Å². The summed E-state index contributed by atoms with van der Waals surface area (Å²) < 4.78 is 83.5. The molecule has 3 aromatic rings. The van der Waals surface area contributed by atoms with Crippen molar-refractivity contribution in [2.75, 3.05) is 13.1 Å². The Balaban J connectivity index is 1.55. The molecule has 2 aromatic carbocycles. The van der Waals surface area contributed by atoms with Gasteiger partial charge >= 0.3 is 17.2 Å². The summed E-state index contributed by atoms with van der Waals surface area (Å²) >= 11 is 1.06. The van der Waals surface area contributed by atoms with Crippen LogP contribution in [0.15, 0.2) is 41.2 Å². The summed E-state index contributed by atoms with van der Waals surface area (Å²) in [6, 6.07) is 6.66. The average molecular weight is 572 g/mol. The summed E-state index contributed by atoms with van der Waals surface area (Å²) in [5.74, 6) is 0.0995. The highest BCUT2D eigenvalue weighted by atomic mass is 32.1. The maximum absolute atomic E-state index is 14.1. The van der Waals surface area contributed by atoms with Gasteiger partial charge in [0.25, 0.3) is 0 Å². The zero-order chi connectivity index (χ0) is 28.2. The normalized spacial score (nSPS) is 20.1. The van der Waals surface area contributed by atoms with Crippen LogP contribution in [0.1, 0.15) is 47.9 Å². The quantitative estimate of drug-likeness (QED) is 0.357. The second-order valence-corrected chi connectivity index (χ2v) is 11.7. The van der Waals surface area contributed by atoms with Gasteiger partial charge in [0, 0.05) is 26.7 Å². The molecule has 0 bridgehead atoms. The number of alkyl halides is 6. The highest BCUT2D eigenvalue weighted by molar-refractivity contribution is 7.16. The van der Waals surface area contributed by atoms with E-state index in [9.17, 15) is 35.9 Å². The van der Waals surface area contributed by atoms with E-state index in [1.54, 1.807) is 25.2 Å². The first-order valence-corrected chi connectivity index (χ1v) is 13.4. The summed E-state index contributed by atoms with van der Waals surface area (Å²) in [5, 5.41) is 3.22. The van der Waals surface area contributed by atoms with Gasteiger partial charge in [-0.05, 0) is 66.8 Å². The lowest BCUT2D eigenvalue weighted by Gasteiger charge is -2.35. The molecule has 39 heavy (non-hydrogen) atoms. The van der Waals surface area contributed by atoms with E-state index in [0.29, 0.717) is 55.1 Å².